The van der Waals surface area contributed by atoms with E-state index in [2.05, 4.69) is 142 Å². The van der Waals surface area contributed by atoms with Gasteiger partial charge in [-0.1, -0.05) is 141 Å². The third-order valence-corrected chi connectivity index (χ3v) is 10.7. The molecule has 0 heterocycles. The van der Waals surface area contributed by atoms with Crippen molar-refractivity contribution in [2.75, 3.05) is 0 Å². The summed E-state index contributed by atoms with van der Waals surface area (Å²) < 4.78 is 0. The molecular formula is C42H34. The van der Waals surface area contributed by atoms with Crippen LogP contribution in [0, 0.1) is 12.8 Å². The Morgan fingerprint density at radius 3 is 1.81 bits per heavy atom. The van der Waals surface area contributed by atoms with Gasteiger partial charge < -0.3 is 0 Å². The maximum Gasteiger partial charge on any atom is 0.0725 e. The van der Waals surface area contributed by atoms with Crippen molar-refractivity contribution >= 4 is 5.57 Å². The summed E-state index contributed by atoms with van der Waals surface area (Å²) in [5.41, 5.74) is 19.7. The van der Waals surface area contributed by atoms with Crippen molar-refractivity contribution < 1.29 is 0 Å². The summed E-state index contributed by atoms with van der Waals surface area (Å²) in [5.74, 6) is 0.499. The van der Waals surface area contributed by atoms with Crippen molar-refractivity contribution in [2.24, 2.45) is 5.92 Å². The van der Waals surface area contributed by atoms with E-state index in [-0.39, 0.29) is 10.8 Å². The Morgan fingerprint density at radius 2 is 1.17 bits per heavy atom. The summed E-state index contributed by atoms with van der Waals surface area (Å²) in [5, 5.41) is 0. The third kappa shape index (κ3) is 2.98. The molecule has 1 unspecified atom stereocenters. The van der Waals surface area contributed by atoms with Crippen LogP contribution < -0.4 is 0 Å². The summed E-state index contributed by atoms with van der Waals surface area (Å²) in [6.07, 6.45) is 7.29. The highest BCUT2D eigenvalue weighted by Crippen LogP contribution is 2.62. The smallest absolute Gasteiger partial charge is 0.0725 e. The van der Waals surface area contributed by atoms with Crippen LogP contribution in [0.25, 0.3) is 27.8 Å². The maximum absolute atomic E-state index is 2.61. The van der Waals surface area contributed by atoms with Crippen LogP contribution in [-0.2, 0) is 17.3 Å². The molecule has 5 aromatic rings. The normalized spacial score (nSPS) is 19.3. The van der Waals surface area contributed by atoms with Gasteiger partial charge in [-0.2, -0.15) is 0 Å². The van der Waals surface area contributed by atoms with E-state index in [9.17, 15) is 0 Å². The minimum Gasteiger partial charge on any atom is -0.0761 e. The molecule has 0 aliphatic heterocycles. The van der Waals surface area contributed by atoms with Gasteiger partial charge in [0.05, 0.1) is 5.41 Å². The first-order chi connectivity index (χ1) is 20.5. The minimum atomic E-state index is -0.264. The van der Waals surface area contributed by atoms with E-state index in [0.29, 0.717) is 5.92 Å². The largest absolute Gasteiger partial charge is 0.0761 e. The average Bonchev–Trinajstić information content (AvgIpc) is 3.56. The van der Waals surface area contributed by atoms with Crippen LogP contribution in [0.3, 0.4) is 0 Å². The molecule has 0 nitrogen and oxygen atoms in total. The van der Waals surface area contributed by atoms with Gasteiger partial charge in [-0.3, -0.25) is 0 Å². The van der Waals surface area contributed by atoms with Crippen LogP contribution in [-0.4, -0.2) is 0 Å². The molecule has 4 aliphatic carbocycles. The number of aryl methyl sites for hydroxylation is 1. The van der Waals surface area contributed by atoms with Crippen LogP contribution in [0.4, 0.5) is 0 Å². The zero-order valence-electron chi connectivity index (χ0n) is 24.5. The van der Waals surface area contributed by atoms with Crippen molar-refractivity contribution in [1.82, 2.24) is 0 Å². The molecule has 202 valence electrons. The van der Waals surface area contributed by atoms with Crippen LogP contribution in [0.1, 0.15) is 64.8 Å². The van der Waals surface area contributed by atoms with Gasteiger partial charge in [-0.05, 0) is 98.0 Å². The second kappa shape index (κ2) is 8.33. The number of fused-ring (bicyclic) bond motifs is 13. The molecule has 9 rings (SSSR count). The predicted octanol–water partition coefficient (Wildman–Crippen LogP) is 10.2. The van der Waals surface area contributed by atoms with Crippen LogP contribution in [0.5, 0.6) is 0 Å². The van der Waals surface area contributed by atoms with Gasteiger partial charge in [-0.15, -0.1) is 0 Å². The summed E-state index contributed by atoms with van der Waals surface area (Å²) >= 11 is 0. The van der Waals surface area contributed by atoms with E-state index in [1.807, 2.05) is 0 Å². The molecule has 5 aromatic carbocycles. The average molecular weight is 539 g/mol. The van der Waals surface area contributed by atoms with Crippen molar-refractivity contribution in [3.8, 4) is 22.3 Å². The fourth-order valence-corrected chi connectivity index (χ4v) is 8.84. The number of benzene rings is 5. The second-order valence-corrected chi connectivity index (χ2v) is 13.3. The van der Waals surface area contributed by atoms with Gasteiger partial charge in [-0.25, -0.2) is 0 Å². The van der Waals surface area contributed by atoms with Gasteiger partial charge in [0.25, 0.3) is 0 Å². The third-order valence-electron chi connectivity index (χ3n) is 10.7. The molecule has 0 saturated heterocycles. The Kier molecular flexibility index (Phi) is 4.80. The quantitative estimate of drug-likeness (QED) is 0.205. The summed E-state index contributed by atoms with van der Waals surface area (Å²) in [6.45, 7) is 7.03. The number of allylic oxidation sites excluding steroid dienone is 4. The SMILES string of the molecule is Cc1ccc2c(c1)C(C)(C)C1=CC(Cc3ccc4c(c3)C3(c5ccccc5-c5ccccc53)c3ccccc3-4)CC=C12. The molecule has 0 heteroatoms. The molecule has 0 radical (unpaired) electrons. The lowest BCUT2D eigenvalue weighted by Gasteiger charge is -2.31. The molecule has 0 amide bonds. The highest BCUT2D eigenvalue weighted by molar-refractivity contribution is 5.95. The lowest BCUT2D eigenvalue weighted by molar-refractivity contribution is 0.606. The zero-order chi connectivity index (χ0) is 28.2. The molecule has 42 heavy (non-hydrogen) atoms. The minimum absolute atomic E-state index is 0.0484. The first-order valence-electron chi connectivity index (χ1n) is 15.4. The van der Waals surface area contributed by atoms with Crippen molar-refractivity contribution in [1.29, 1.82) is 0 Å². The molecule has 0 N–H and O–H groups in total. The monoisotopic (exact) mass is 538 g/mol. The maximum atomic E-state index is 2.61. The summed E-state index contributed by atoms with van der Waals surface area (Å²) in [7, 11) is 0. The molecule has 1 atom stereocenters. The fourth-order valence-electron chi connectivity index (χ4n) is 8.84. The van der Waals surface area contributed by atoms with Crippen LogP contribution in [0.15, 0.2) is 127 Å². The molecule has 0 aromatic heterocycles. The first kappa shape index (κ1) is 24.2. The second-order valence-electron chi connectivity index (χ2n) is 13.3. The Labute approximate surface area is 249 Å². The Bertz CT molecular complexity index is 1960. The van der Waals surface area contributed by atoms with E-state index >= 15 is 0 Å². The molecule has 0 fully saturated rings. The molecule has 0 bridgehead atoms. The van der Waals surface area contributed by atoms with Gasteiger partial charge >= 0.3 is 0 Å². The lowest BCUT2D eigenvalue weighted by atomic mass is 9.70. The van der Waals surface area contributed by atoms with Crippen LogP contribution in [0.2, 0.25) is 0 Å². The fraction of sp³-hybridized carbons (Fsp3) is 0.190. The van der Waals surface area contributed by atoms with E-state index in [1.54, 1.807) is 0 Å². The van der Waals surface area contributed by atoms with E-state index in [1.165, 1.54) is 77.9 Å². The first-order valence-corrected chi connectivity index (χ1v) is 15.4. The number of hydrogen-bond acceptors (Lipinski definition) is 0. The zero-order valence-corrected chi connectivity index (χ0v) is 24.5. The molecule has 0 saturated carbocycles. The lowest BCUT2D eigenvalue weighted by Crippen LogP contribution is -2.26. The summed E-state index contributed by atoms with van der Waals surface area (Å²) in [6, 6.07) is 41.7. The molecular weight excluding hydrogens is 504 g/mol. The molecule has 1 spiro atoms. The standard InChI is InChI=1S/C42H34/c1-26-16-19-32-33-20-17-27(24-39(33)41(2,3)38(32)22-26)23-28-18-21-34-31-12-6-9-15-37(31)42(40(34)25-28)35-13-7-4-10-29(35)30-11-5-8-14-36(30)42/h4-16,18-22,24-25,27H,17,23H2,1-3H3. The van der Waals surface area contributed by atoms with Gasteiger partial charge in [0.2, 0.25) is 0 Å². The van der Waals surface area contributed by atoms with Gasteiger partial charge in [0, 0.05) is 5.41 Å². The van der Waals surface area contributed by atoms with E-state index in [0.717, 1.165) is 12.8 Å². The van der Waals surface area contributed by atoms with Crippen molar-refractivity contribution in [3.05, 3.63) is 171 Å². The van der Waals surface area contributed by atoms with Gasteiger partial charge in [0.15, 0.2) is 0 Å². The van der Waals surface area contributed by atoms with Gasteiger partial charge in [0.1, 0.15) is 0 Å². The van der Waals surface area contributed by atoms with Crippen LogP contribution >= 0.6 is 0 Å². The highest BCUT2D eigenvalue weighted by Gasteiger charge is 2.51. The van der Waals surface area contributed by atoms with E-state index in [4.69, 9.17) is 0 Å². The van der Waals surface area contributed by atoms with Crippen molar-refractivity contribution in [2.45, 2.75) is 44.4 Å². The Hall–Kier alpha value is -4.42. The van der Waals surface area contributed by atoms with Crippen molar-refractivity contribution in [3.63, 3.8) is 0 Å². The van der Waals surface area contributed by atoms with E-state index < -0.39 is 0 Å². The Morgan fingerprint density at radius 1 is 0.595 bits per heavy atom. The topological polar surface area (TPSA) is 0 Å². The highest BCUT2D eigenvalue weighted by atomic mass is 14.5. The Balaban J connectivity index is 1.17. The molecule has 4 aliphatic rings. The predicted molar refractivity (Wildman–Crippen MR) is 175 cm³/mol. The number of rotatable bonds is 2. The number of hydrogen-bond donors (Lipinski definition) is 0. The summed E-state index contributed by atoms with van der Waals surface area (Å²) in [4.78, 5) is 0.